The zero-order valence-corrected chi connectivity index (χ0v) is 18.5. The highest BCUT2D eigenvalue weighted by Crippen LogP contribution is 2.21. The third-order valence-electron chi connectivity index (χ3n) is 5.37. The second-order valence-corrected chi connectivity index (χ2v) is 7.82. The highest BCUT2D eigenvalue weighted by Gasteiger charge is 2.28. The van der Waals surface area contributed by atoms with Gasteiger partial charge in [0.15, 0.2) is 0 Å². The van der Waals surface area contributed by atoms with Gasteiger partial charge in [0.2, 0.25) is 5.91 Å². The first kappa shape index (κ1) is 24.4. The molecule has 1 heterocycles. The standard InChI is InChI=1S/C26H33NO4/c1-21(11-10-14-22-12-6-5-7-13-22)24(28)18-16-23-17-19-25(29)27(23)20-9-4-3-8-15-26(30)31-2/h4-7,9,12-13,16,18,21,23-24,28H,3,8,11,15,17,19-20H2,1-2H3/t21-,23?,24+/m0/s1. The number of aliphatic hydroxyl groups is 1. The summed E-state index contributed by atoms with van der Waals surface area (Å²) in [4.78, 5) is 25.1. The normalized spacial score (nSPS) is 18.2. The zero-order chi connectivity index (χ0) is 22.5. The number of carbonyl (C=O) groups is 2. The molecule has 1 aromatic rings. The number of nitrogens with zero attached hydrogens (tertiary/aromatic N) is 1. The fourth-order valence-corrected chi connectivity index (χ4v) is 3.35. The highest BCUT2D eigenvalue weighted by atomic mass is 16.5. The van der Waals surface area contributed by atoms with E-state index in [1.54, 1.807) is 6.08 Å². The van der Waals surface area contributed by atoms with Crippen LogP contribution in [0.25, 0.3) is 0 Å². The van der Waals surface area contributed by atoms with Crippen LogP contribution in [0.2, 0.25) is 0 Å². The van der Waals surface area contributed by atoms with E-state index in [4.69, 9.17) is 0 Å². The number of amides is 1. The molecule has 0 spiro atoms. The van der Waals surface area contributed by atoms with Crippen LogP contribution in [0.5, 0.6) is 0 Å². The van der Waals surface area contributed by atoms with Crippen molar-refractivity contribution in [2.75, 3.05) is 13.7 Å². The molecule has 0 radical (unpaired) electrons. The molecule has 31 heavy (non-hydrogen) atoms. The third-order valence-corrected chi connectivity index (χ3v) is 5.37. The Bertz CT molecular complexity index is 819. The number of unbranched alkanes of at least 4 members (excludes halogenated alkanes) is 1. The lowest BCUT2D eigenvalue weighted by molar-refractivity contribution is -0.140. The minimum atomic E-state index is -0.600. The number of rotatable bonds is 10. The lowest BCUT2D eigenvalue weighted by Crippen LogP contribution is -2.32. The van der Waals surface area contributed by atoms with E-state index < -0.39 is 6.10 Å². The van der Waals surface area contributed by atoms with Crippen LogP contribution in [0.4, 0.5) is 0 Å². The number of esters is 1. The third kappa shape index (κ3) is 8.82. The van der Waals surface area contributed by atoms with E-state index in [-0.39, 0.29) is 23.8 Å². The minimum absolute atomic E-state index is 0.00414. The second kappa shape index (κ2) is 13.5. The molecule has 0 bridgehead atoms. The van der Waals surface area contributed by atoms with Crippen LogP contribution in [-0.2, 0) is 14.3 Å². The fraction of sp³-hybridized carbons (Fsp3) is 0.462. The van der Waals surface area contributed by atoms with Crippen molar-refractivity contribution in [2.24, 2.45) is 5.92 Å². The van der Waals surface area contributed by atoms with Crippen LogP contribution >= 0.6 is 0 Å². The maximum Gasteiger partial charge on any atom is 0.305 e. The number of likely N-dealkylation sites (tertiary alicyclic amines) is 1. The molecule has 1 saturated heterocycles. The molecule has 2 rings (SSSR count). The van der Waals surface area contributed by atoms with Crippen molar-refractivity contribution in [3.8, 4) is 11.8 Å². The van der Waals surface area contributed by atoms with Crippen molar-refractivity contribution in [1.29, 1.82) is 0 Å². The summed E-state index contributed by atoms with van der Waals surface area (Å²) in [5.74, 6) is 6.19. The lowest BCUT2D eigenvalue weighted by atomic mass is 9.99. The Balaban J connectivity index is 1.79. The first-order valence-corrected chi connectivity index (χ1v) is 10.9. The quantitative estimate of drug-likeness (QED) is 0.268. The van der Waals surface area contributed by atoms with E-state index in [1.165, 1.54) is 7.11 Å². The number of methoxy groups -OCH3 is 1. The van der Waals surface area contributed by atoms with Crippen LogP contribution in [-0.4, -0.2) is 47.7 Å². The van der Waals surface area contributed by atoms with Gasteiger partial charge in [-0.15, -0.1) is 0 Å². The summed E-state index contributed by atoms with van der Waals surface area (Å²) < 4.78 is 4.62. The van der Waals surface area contributed by atoms with Gasteiger partial charge in [0.05, 0.1) is 19.3 Å². The van der Waals surface area contributed by atoms with E-state index in [0.29, 0.717) is 25.8 Å². The predicted octanol–water partition coefficient (Wildman–Crippen LogP) is 3.87. The Hall–Kier alpha value is -2.84. The maximum absolute atomic E-state index is 12.2. The average Bonchev–Trinajstić information content (AvgIpc) is 3.14. The van der Waals surface area contributed by atoms with Crippen molar-refractivity contribution in [3.63, 3.8) is 0 Å². The van der Waals surface area contributed by atoms with Gasteiger partial charge in [0.25, 0.3) is 0 Å². The Morgan fingerprint density at radius 2 is 2.10 bits per heavy atom. The summed E-state index contributed by atoms with van der Waals surface area (Å²) in [6.07, 6.45) is 10.9. The monoisotopic (exact) mass is 423 g/mol. The SMILES string of the molecule is COC(=O)CCCC=CCN1C(=O)CCC1C=C[C@@H](O)[C@@H](C)CC#Cc1ccccc1. The summed E-state index contributed by atoms with van der Waals surface area (Å²) in [5.41, 5.74) is 0.971. The fourth-order valence-electron chi connectivity index (χ4n) is 3.35. The number of ether oxygens (including phenoxy) is 1. The van der Waals surface area contributed by atoms with E-state index >= 15 is 0 Å². The molecule has 0 aromatic heterocycles. The van der Waals surface area contributed by atoms with E-state index in [2.05, 4.69) is 16.6 Å². The maximum atomic E-state index is 12.2. The molecule has 1 unspecified atom stereocenters. The molecule has 166 valence electrons. The highest BCUT2D eigenvalue weighted by molar-refractivity contribution is 5.79. The summed E-state index contributed by atoms with van der Waals surface area (Å²) in [6.45, 7) is 2.52. The Morgan fingerprint density at radius 1 is 1.32 bits per heavy atom. The number of hydrogen-bond donors (Lipinski definition) is 1. The number of benzene rings is 1. The van der Waals surface area contributed by atoms with Crippen molar-refractivity contribution in [3.05, 3.63) is 60.2 Å². The topological polar surface area (TPSA) is 66.8 Å². The molecule has 1 aliphatic rings. The molecule has 1 fully saturated rings. The van der Waals surface area contributed by atoms with Crippen LogP contribution in [0.1, 0.15) is 51.0 Å². The van der Waals surface area contributed by atoms with E-state index in [1.807, 2.05) is 60.4 Å². The van der Waals surface area contributed by atoms with Crippen LogP contribution in [0.15, 0.2) is 54.6 Å². The van der Waals surface area contributed by atoms with Gasteiger partial charge in [-0.3, -0.25) is 9.59 Å². The van der Waals surface area contributed by atoms with E-state index in [0.717, 1.165) is 24.8 Å². The minimum Gasteiger partial charge on any atom is -0.469 e. The molecule has 1 aromatic carbocycles. The predicted molar refractivity (Wildman–Crippen MR) is 122 cm³/mol. The first-order valence-electron chi connectivity index (χ1n) is 10.9. The second-order valence-electron chi connectivity index (χ2n) is 7.82. The van der Waals surface area contributed by atoms with Gasteiger partial charge < -0.3 is 14.7 Å². The molecule has 0 saturated carbocycles. The molecule has 1 N–H and O–H groups in total. The van der Waals surface area contributed by atoms with Crippen LogP contribution in [0.3, 0.4) is 0 Å². The summed E-state index contributed by atoms with van der Waals surface area (Å²) in [6, 6.07) is 9.81. The van der Waals surface area contributed by atoms with Gasteiger partial charge in [-0.2, -0.15) is 0 Å². The molecule has 5 nitrogen and oxygen atoms in total. The number of allylic oxidation sites excluding steroid dienone is 1. The molecule has 1 aliphatic heterocycles. The van der Waals surface area contributed by atoms with Crippen molar-refractivity contribution in [2.45, 2.75) is 57.6 Å². The summed E-state index contributed by atoms with van der Waals surface area (Å²) in [7, 11) is 1.39. The molecule has 0 aliphatic carbocycles. The van der Waals surface area contributed by atoms with Crippen LogP contribution in [0, 0.1) is 17.8 Å². The Labute approximate surface area is 185 Å². The Kier molecular flexibility index (Phi) is 10.6. The van der Waals surface area contributed by atoms with Gasteiger partial charge in [-0.25, -0.2) is 0 Å². The van der Waals surface area contributed by atoms with Gasteiger partial charge in [0, 0.05) is 31.4 Å². The molecular formula is C26H33NO4. The van der Waals surface area contributed by atoms with Gasteiger partial charge in [-0.1, -0.05) is 61.3 Å². The van der Waals surface area contributed by atoms with E-state index in [9.17, 15) is 14.7 Å². The Morgan fingerprint density at radius 3 is 2.84 bits per heavy atom. The zero-order valence-electron chi connectivity index (χ0n) is 18.5. The van der Waals surface area contributed by atoms with Crippen molar-refractivity contribution in [1.82, 2.24) is 4.90 Å². The number of carbonyl (C=O) groups excluding carboxylic acids is 2. The van der Waals surface area contributed by atoms with Gasteiger partial charge in [0.1, 0.15) is 0 Å². The molecule has 3 atom stereocenters. The number of aliphatic hydroxyl groups excluding tert-OH is 1. The van der Waals surface area contributed by atoms with Gasteiger partial charge >= 0.3 is 5.97 Å². The average molecular weight is 424 g/mol. The largest absolute Gasteiger partial charge is 0.469 e. The van der Waals surface area contributed by atoms with Crippen molar-refractivity contribution < 1.29 is 19.4 Å². The first-order chi connectivity index (χ1) is 15.0. The molecular weight excluding hydrogens is 390 g/mol. The van der Waals surface area contributed by atoms with Crippen molar-refractivity contribution >= 4 is 11.9 Å². The number of hydrogen-bond acceptors (Lipinski definition) is 4. The smallest absolute Gasteiger partial charge is 0.305 e. The molecule has 5 heteroatoms. The lowest BCUT2D eigenvalue weighted by Gasteiger charge is -2.21. The molecule has 1 amide bonds. The summed E-state index contributed by atoms with van der Waals surface area (Å²) >= 11 is 0. The van der Waals surface area contributed by atoms with Crippen LogP contribution < -0.4 is 0 Å². The van der Waals surface area contributed by atoms with Gasteiger partial charge in [-0.05, 0) is 37.3 Å². The summed E-state index contributed by atoms with van der Waals surface area (Å²) in [5, 5.41) is 10.5.